The third kappa shape index (κ3) is 2.85. The van der Waals surface area contributed by atoms with Crippen molar-refractivity contribution < 1.29 is 4.39 Å². The number of nitrogens with one attached hydrogen (secondary N) is 1. The molecule has 0 aliphatic heterocycles. The molecule has 3 nitrogen and oxygen atoms in total. The van der Waals surface area contributed by atoms with E-state index < -0.39 is 5.82 Å². The SMILES string of the molecule is NNC(Cc1ccncc1)c1cccc(F)c1Cl. The largest absolute Gasteiger partial charge is 0.271 e. The second-order valence-corrected chi connectivity index (χ2v) is 4.30. The van der Waals surface area contributed by atoms with Crippen LogP contribution < -0.4 is 11.3 Å². The van der Waals surface area contributed by atoms with Crippen molar-refractivity contribution in [2.75, 3.05) is 0 Å². The van der Waals surface area contributed by atoms with Crippen LogP contribution in [0.5, 0.6) is 0 Å². The molecule has 1 aromatic carbocycles. The van der Waals surface area contributed by atoms with E-state index >= 15 is 0 Å². The lowest BCUT2D eigenvalue weighted by Gasteiger charge is -2.18. The molecule has 0 saturated carbocycles. The Hall–Kier alpha value is -1.49. The van der Waals surface area contributed by atoms with Crippen molar-refractivity contribution in [2.24, 2.45) is 5.84 Å². The van der Waals surface area contributed by atoms with E-state index in [0.29, 0.717) is 12.0 Å². The Morgan fingerprint density at radius 3 is 2.67 bits per heavy atom. The lowest BCUT2D eigenvalue weighted by atomic mass is 10.00. The number of benzene rings is 1. The number of pyridine rings is 1. The van der Waals surface area contributed by atoms with Crippen molar-refractivity contribution in [1.82, 2.24) is 10.4 Å². The first-order valence-corrected chi connectivity index (χ1v) is 5.89. The summed E-state index contributed by atoms with van der Waals surface area (Å²) in [6, 6.07) is 8.24. The summed E-state index contributed by atoms with van der Waals surface area (Å²) in [5, 5.41) is 0.106. The van der Waals surface area contributed by atoms with Crippen LogP contribution in [0.25, 0.3) is 0 Å². The fourth-order valence-corrected chi connectivity index (χ4v) is 2.06. The topological polar surface area (TPSA) is 50.9 Å². The number of nitrogens with zero attached hydrogens (tertiary/aromatic N) is 1. The van der Waals surface area contributed by atoms with E-state index in [9.17, 15) is 4.39 Å². The molecule has 18 heavy (non-hydrogen) atoms. The molecule has 0 fully saturated rings. The van der Waals surface area contributed by atoms with Crippen LogP contribution in [-0.2, 0) is 6.42 Å². The molecule has 1 unspecified atom stereocenters. The van der Waals surface area contributed by atoms with Gasteiger partial charge in [-0.25, -0.2) is 4.39 Å². The second kappa shape index (κ2) is 5.91. The average molecular weight is 266 g/mol. The van der Waals surface area contributed by atoms with E-state index in [1.165, 1.54) is 6.07 Å². The molecule has 0 saturated heterocycles. The summed E-state index contributed by atoms with van der Waals surface area (Å²) in [5.41, 5.74) is 4.36. The van der Waals surface area contributed by atoms with E-state index in [2.05, 4.69) is 10.4 Å². The molecule has 94 valence electrons. The van der Waals surface area contributed by atoms with Crippen molar-refractivity contribution in [2.45, 2.75) is 12.5 Å². The molecule has 2 rings (SSSR count). The quantitative estimate of drug-likeness (QED) is 0.660. The van der Waals surface area contributed by atoms with Crippen LogP contribution in [0.3, 0.4) is 0 Å². The van der Waals surface area contributed by atoms with Crippen molar-refractivity contribution in [1.29, 1.82) is 0 Å². The van der Waals surface area contributed by atoms with E-state index in [1.807, 2.05) is 12.1 Å². The highest BCUT2D eigenvalue weighted by Gasteiger charge is 2.16. The van der Waals surface area contributed by atoms with E-state index in [1.54, 1.807) is 24.5 Å². The average Bonchev–Trinajstić information content (AvgIpc) is 2.41. The minimum atomic E-state index is -0.441. The van der Waals surface area contributed by atoms with Crippen molar-refractivity contribution in [3.05, 3.63) is 64.7 Å². The summed E-state index contributed by atoms with van der Waals surface area (Å²) >= 11 is 5.95. The van der Waals surface area contributed by atoms with Gasteiger partial charge in [-0.2, -0.15) is 0 Å². The normalized spacial score (nSPS) is 12.4. The summed E-state index contributed by atoms with van der Waals surface area (Å²) in [5.74, 6) is 5.08. The lowest BCUT2D eigenvalue weighted by Crippen LogP contribution is -2.30. The van der Waals surface area contributed by atoms with E-state index in [0.717, 1.165) is 5.56 Å². The van der Waals surface area contributed by atoms with Gasteiger partial charge >= 0.3 is 0 Å². The zero-order valence-corrected chi connectivity index (χ0v) is 10.4. The Bertz CT molecular complexity index is 519. The molecule has 3 N–H and O–H groups in total. The molecule has 2 aromatic rings. The Morgan fingerprint density at radius 1 is 1.28 bits per heavy atom. The van der Waals surface area contributed by atoms with Gasteiger partial charge in [0.05, 0.1) is 11.1 Å². The monoisotopic (exact) mass is 265 g/mol. The van der Waals surface area contributed by atoms with Crippen LogP contribution >= 0.6 is 11.6 Å². The van der Waals surface area contributed by atoms with Crippen molar-refractivity contribution >= 4 is 11.6 Å². The standard InChI is InChI=1S/C13H13ClFN3/c14-13-10(2-1-3-11(13)15)12(18-16)8-9-4-6-17-7-5-9/h1-7,12,18H,8,16H2. The summed E-state index contributed by atoms with van der Waals surface area (Å²) in [6.45, 7) is 0. The second-order valence-electron chi connectivity index (χ2n) is 3.92. The van der Waals surface area contributed by atoms with Gasteiger partial charge in [0, 0.05) is 12.4 Å². The molecule has 0 aliphatic carbocycles. The van der Waals surface area contributed by atoms with Gasteiger partial charge in [0.1, 0.15) is 5.82 Å². The third-order valence-corrected chi connectivity index (χ3v) is 3.15. The fraction of sp³-hybridized carbons (Fsp3) is 0.154. The van der Waals surface area contributed by atoms with Crippen molar-refractivity contribution in [3.8, 4) is 0 Å². The highest BCUT2D eigenvalue weighted by molar-refractivity contribution is 6.31. The first-order chi connectivity index (χ1) is 8.72. The summed E-state index contributed by atoms with van der Waals surface area (Å²) in [6.07, 6.45) is 4.02. The molecule has 1 atom stereocenters. The van der Waals surface area contributed by atoms with Gasteiger partial charge in [0.2, 0.25) is 0 Å². The summed E-state index contributed by atoms with van der Waals surface area (Å²) in [7, 11) is 0. The highest BCUT2D eigenvalue weighted by Crippen LogP contribution is 2.27. The van der Waals surface area contributed by atoms with Gasteiger partial charge in [-0.3, -0.25) is 16.3 Å². The Morgan fingerprint density at radius 2 is 2.00 bits per heavy atom. The van der Waals surface area contributed by atoms with Crippen LogP contribution in [0.2, 0.25) is 5.02 Å². The number of aromatic nitrogens is 1. The Balaban J connectivity index is 2.26. The number of hydrogen-bond donors (Lipinski definition) is 2. The maximum atomic E-state index is 13.4. The first kappa shape index (κ1) is 13.0. The zero-order chi connectivity index (χ0) is 13.0. The van der Waals surface area contributed by atoms with Gasteiger partial charge in [-0.05, 0) is 35.7 Å². The smallest absolute Gasteiger partial charge is 0.142 e. The van der Waals surface area contributed by atoms with Crippen LogP contribution in [0.15, 0.2) is 42.7 Å². The number of hydrogen-bond acceptors (Lipinski definition) is 3. The molecule has 1 heterocycles. The predicted molar refractivity (Wildman–Crippen MR) is 69.4 cm³/mol. The summed E-state index contributed by atoms with van der Waals surface area (Å²) < 4.78 is 13.4. The van der Waals surface area contributed by atoms with Gasteiger partial charge in [0.25, 0.3) is 0 Å². The minimum Gasteiger partial charge on any atom is -0.271 e. The number of hydrazine groups is 1. The lowest BCUT2D eigenvalue weighted by molar-refractivity contribution is 0.544. The zero-order valence-electron chi connectivity index (χ0n) is 9.61. The maximum absolute atomic E-state index is 13.4. The van der Waals surface area contributed by atoms with Gasteiger partial charge in [0.15, 0.2) is 0 Å². The maximum Gasteiger partial charge on any atom is 0.142 e. The van der Waals surface area contributed by atoms with Gasteiger partial charge in [-0.1, -0.05) is 23.7 Å². The molecule has 0 amide bonds. The van der Waals surface area contributed by atoms with E-state index in [4.69, 9.17) is 17.4 Å². The number of rotatable bonds is 4. The number of nitrogens with two attached hydrogens (primary N) is 1. The molecule has 0 aliphatic rings. The first-order valence-electron chi connectivity index (χ1n) is 5.51. The highest BCUT2D eigenvalue weighted by atomic mass is 35.5. The number of halogens is 2. The molecule has 1 aromatic heterocycles. The van der Waals surface area contributed by atoms with Gasteiger partial charge < -0.3 is 0 Å². The van der Waals surface area contributed by atoms with Crippen LogP contribution in [0, 0.1) is 5.82 Å². The Labute approximate surface area is 110 Å². The van der Waals surface area contributed by atoms with Crippen LogP contribution in [0.4, 0.5) is 4.39 Å². The Kier molecular flexibility index (Phi) is 4.25. The molecule has 5 heteroatoms. The molecule has 0 spiro atoms. The molecule has 0 radical (unpaired) electrons. The molecular weight excluding hydrogens is 253 g/mol. The fourth-order valence-electron chi connectivity index (χ4n) is 1.80. The predicted octanol–water partition coefficient (Wildman–Crippen LogP) is 2.62. The van der Waals surface area contributed by atoms with Gasteiger partial charge in [-0.15, -0.1) is 0 Å². The van der Waals surface area contributed by atoms with E-state index in [-0.39, 0.29) is 11.1 Å². The molecule has 0 bridgehead atoms. The van der Waals surface area contributed by atoms with Crippen molar-refractivity contribution in [3.63, 3.8) is 0 Å². The minimum absolute atomic E-state index is 0.106. The third-order valence-electron chi connectivity index (χ3n) is 2.75. The van der Waals surface area contributed by atoms with Crippen LogP contribution in [0.1, 0.15) is 17.2 Å². The molecular formula is C13H13ClFN3. The van der Waals surface area contributed by atoms with Crippen LogP contribution in [-0.4, -0.2) is 4.98 Å². The summed E-state index contributed by atoms with van der Waals surface area (Å²) in [4.78, 5) is 3.95.